The first-order valence-electron chi connectivity index (χ1n) is 9.65. The van der Waals surface area contributed by atoms with Crippen LogP contribution < -0.4 is 10.2 Å². The number of phenolic OH excluding ortho intramolecular Hbond substituents is 1. The summed E-state index contributed by atoms with van der Waals surface area (Å²) in [6.07, 6.45) is 0. The maximum atomic E-state index is 12.6. The summed E-state index contributed by atoms with van der Waals surface area (Å²) in [5.41, 5.74) is 2.84. The number of carbonyl (C=O) groups excluding carboxylic acids is 2. The Hall–Kier alpha value is -3.54. The first-order valence-corrected chi connectivity index (χ1v) is 9.65. The van der Waals surface area contributed by atoms with Crippen LogP contribution in [0.2, 0.25) is 0 Å². The lowest BCUT2D eigenvalue weighted by Crippen LogP contribution is -2.51. The second-order valence-corrected chi connectivity index (χ2v) is 7.25. The number of anilines is 2. The molecule has 2 amide bonds. The van der Waals surface area contributed by atoms with E-state index in [1.165, 1.54) is 5.56 Å². The van der Waals surface area contributed by atoms with Crippen molar-refractivity contribution in [2.24, 2.45) is 0 Å². The van der Waals surface area contributed by atoms with Gasteiger partial charge in [-0.25, -0.2) is 0 Å². The highest BCUT2D eigenvalue weighted by Gasteiger charge is 2.26. The van der Waals surface area contributed by atoms with Gasteiger partial charge in [0.25, 0.3) is 0 Å². The molecule has 0 aromatic heterocycles. The molecule has 29 heavy (non-hydrogen) atoms. The third-order valence-electron chi connectivity index (χ3n) is 5.28. The second kappa shape index (κ2) is 7.83. The van der Waals surface area contributed by atoms with Crippen molar-refractivity contribution in [3.05, 3.63) is 66.2 Å². The van der Waals surface area contributed by atoms with Gasteiger partial charge in [-0.2, -0.15) is 0 Å². The molecule has 1 saturated heterocycles. The smallest absolute Gasteiger partial charge is 0.313 e. The summed E-state index contributed by atoms with van der Waals surface area (Å²) in [7, 11) is 0. The summed E-state index contributed by atoms with van der Waals surface area (Å²) >= 11 is 0. The van der Waals surface area contributed by atoms with Gasteiger partial charge in [-0.05, 0) is 36.8 Å². The van der Waals surface area contributed by atoms with Gasteiger partial charge in [0.2, 0.25) is 0 Å². The fourth-order valence-electron chi connectivity index (χ4n) is 3.71. The Bertz CT molecular complexity index is 1070. The van der Waals surface area contributed by atoms with Crippen LogP contribution in [0.1, 0.15) is 5.56 Å². The number of piperazine rings is 1. The van der Waals surface area contributed by atoms with Crippen LogP contribution in [0.5, 0.6) is 5.75 Å². The van der Waals surface area contributed by atoms with Crippen molar-refractivity contribution in [1.29, 1.82) is 0 Å². The Labute approximate surface area is 169 Å². The Balaban J connectivity index is 1.42. The van der Waals surface area contributed by atoms with E-state index in [4.69, 9.17) is 0 Å². The van der Waals surface area contributed by atoms with Crippen LogP contribution in [-0.2, 0) is 9.59 Å². The third kappa shape index (κ3) is 3.87. The summed E-state index contributed by atoms with van der Waals surface area (Å²) in [5.74, 6) is -1.06. The monoisotopic (exact) mass is 389 g/mol. The Morgan fingerprint density at radius 3 is 2.34 bits per heavy atom. The van der Waals surface area contributed by atoms with Gasteiger partial charge in [0.05, 0.1) is 0 Å². The van der Waals surface area contributed by atoms with E-state index in [-0.39, 0.29) is 5.75 Å². The van der Waals surface area contributed by atoms with Crippen molar-refractivity contribution in [2.45, 2.75) is 6.92 Å². The summed E-state index contributed by atoms with van der Waals surface area (Å²) in [6.45, 7) is 4.42. The first-order chi connectivity index (χ1) is 14.0. The van der Waals surface area contributed by atoms with Crippen molar-refractivity contribution in [2.75, 3.05) is 36.4 Å². The zero-order valence-corrected chi connectivity index (χ0v) is 16.3. The molecule has 0 saturated carbocycles. The fraction of sp³-hybridized carbons (Fsp3) is 0.217. The normalized spacial score (nSPS) is 14.1. The lowest BCUT2D eigenvalue weighted by Gasteiger charge is -2.35. The van der Waals surface area contributed by atoms with E-state index in [1.807, 2.05) is 6.07 Å². The number of amides is 2. The largest absolute Gasteiger partial charge is 0.507 e. The average molecular weight is 389 g/mol. The minimum absolute atomic E-state index is 0.136. The highest BCUT2D eigenvalue weighted by atomic mass is 16.3. The maximum Gasteiger partial charge on any atom is 0.313 e. The van der Waals surface area contributed by atoms with Gasteiger partial charge >= 0.3 is 11.8 Å². The number of aromatic hydroxyl groups is 1. The number of benzene rings is 3. The summed E-state index contributed by atoms with van der Waals surface area (Å²) in [4.78, 5) is 29.0. The zero-order valence-electron chi connectivity index (χ0n) is 16.3. The molecular weight excluding hydrogens is 366 g/mol. The van der Waals surface area contributed by atoms with Gasteiger partial charge in [0.15, 0.2) is 0 Å². The summed E-state index contributed by atoms with van der Waals surface area (Å²) in [6, 6.07) is 18.6. The van der Waals surface area contributed by atoms with E-state index in [0.717, 1.165) is 5.69 Å². The number of nitrogens with zero attached hydrogens (tertiary/aromatic N) is 2. The predicted octanol–water partition coefficient (Wildman–Crippen LogP) is 3.14. The molecule has 6 heteroatoms. The molecular formula is C23H23N3O3. The van der Waals surface area contributed by atoms with Crippen LogP contribution in [0.15, 0.2) is 60.7 Å². The summed E-state index contributed by atoms with van der Waals surface area (Å²) < 4.78 is 0. The van der Waals surface area contributed by atoms with Crippen LogP contribution in [0.25, 0.3) is 10.8 Å². The number of phenols is 1. The molecule has 0 atom stereocenters. The number of fused-ring (bicyclic) bond motifs is 1. The molecule has 0 radical (unpaired) electrons. The standard InChI is InChI=1S/C23H23N3O3/c1-16-5-2-6-17(15-16)25-11-13-26(14-12-25)23(29)22(28)24-20-9-3-8-19-18(20)7-4-10-21(19)27/h2-10,15,27H,11-14H2,1H3,(H,24,28). The molecule has 6 nitrogen and oxygen atoms in total. The quantitative estimate of drug-likeness (QED) is 0.661. The molecule has 0 bridgehead atoms. The average Bonchev–Trinajstić information content (AvgIpc) is 2.74. The van der Waals surface area contributed by atoms with Crippen LogP contribution >= 0.6 is 0 Å². The van der Waals surface area contributed by atoms with Gasteiger partial charge in [0, 0.05) is 48.3 Å². The van der Waals surface area contributed by atoms with Gasteiger partial charge < -0.3 is 20.2 Å². The van der Waals surface area contributed by atoms with E-state index in [1.54, 1.807) is 41.3 Å². The van der Waals surface area contributed by atoms with Gasteiger partial charge in [-0.3, -0.25) is 9.59 Å². The van der Waals surface area contributed by atoms with E-state index in [0.29, 0.717) is 42.6 Å². The van der Waals surface area contributed by atoms with E-state index in [2.05, 4.69) is 35.3 Å². The topological polar surface area (TPSA) is 72.9 Å². The number of hydrogen-bond acceptors (Lipinski definition) is 4. The number of carbonyl (C=O) groups is 2. The van der Waals surface area contributed by atoms with Crippen molar-refractivity contribution >= 4 is 34.0 Å². The molecule has 3 aromatic rings. The molecule has 2 N–H and O–H groups in total. The second-order valence-electron chi connectivity index (χ2n) is 7.25. The van der Waals surface area contributed by atoms with Crippen molar-refractivity contribution in [1.82, 2.24) is 4.90 Å². The SMILES string of the molecule is Cc1cccc(N2CCN(C(=O)C(=O)Nc3cccc4c(O)cccc34)CC2)c1. The number of aryl methyl sites for hydroxylation is 1. The number of hydrogen-bond donors (Lipinski definition) is 2. The van der Waals surface area contributed by atoms with Crippen molar-refractivity contribution in [3.8, 4) is 5.75 Å². The third-order valence-corrected chi connectivity index (χ3v) is 5.28. The first kappa shape index (κ1) is 18.8. The highest BCUT2D eigenvalue weighted by molar-refractivity contribution is 6.40. The number of rotatable bonds is 2. The van der Waals surface area contributed by atoms with Crippen LogP contribution in [0.3, 0.4) is 0 Å². The Kier molecular flexibility index (Phi) is 5.08. The fourth-order valence-corrected chi connectivity index (χ4v) is 3.71. The molecule has 1 heterocycles. The van der Waals surface area contributed by atoms with Crippen LogP contribution in [-0.4, -0.2) is 48.0 Å². The lowest BCUT2D eigenvalue weighted by molar-refractivity contribution is -0.143. The van der Waals surface area contributed by atoms with E-state index in [9.17, 15) is 14.7 Å². The Morgan fingerprint density at radius 1 is 0.897 bits per heavy atom. The van der Waals surface area contributed by atoms with E-state index < -0.39 is 11.8 Å². The van der Waals surface area contributed by atoms with Crippen LogP contribution in [0.4, 0.5) is 11.4 Å². The lowest BCUT2D eigenvalue weighted by atomic mass is 10.1. The molecule has 3 aromatic carbocycles. The molecule has 1 fully saturated rings. The van der Waals surface area contributed by atoms with Gasteiger partial charge in [0.1, 0.15) is 5.75 Å². The molecule has 4 rings (SSSR count). The van der Waals surface area contributed by atoms with Crippen molar-refractivity contribution in [3.63, 3.8) is 0 Å². The number of nitrogens with one attached hydrogen (secondary N) is 1. The van der Waals surface area contributed by atoms with Crippen molar-refractivity contribution < 1.29 is 14.7 Å². The minimum Gasteiger partial charge on any atom is -0.507 e. The molecule has 0 aliphatic carbocycles. The summed E-state index contributed by atoms with van der Waals surface area (Å²) in [5, 5.41) is 14.0. The van der Waals surface area contributed by atoms with Gasteiger partial charge in [-0.15, -0.1) is 0 Å². The molecule has 0 unspecified atom stereocenters. The molecule has 1 aliphatic heterocycles. The molecule has 1 aliphatic rings. The van der Waals surface area contributed by atoms with E-state index >= 15 is 0 Å². The molecule has 148 valence electrons. The minimum atomic E-state index is -0.662. The highest BCUT2D eigenvalue weighted by Crippen LogP contribution is 2.29. The maximum absolute atomic E-state index is 12.6. The van der Waals surface area contributed by atoms with Crippen LogP contribution in [0, 0.1) is 6.92 Å². The van der Waals surface area contributed by atoms with Gasteiger partial charge in [-0.1, -0.05) is 36.4 Å². The Morgan fingerprint density at radius 2 is 1.59 bits per heavy atom. The zero-order chi connectivity index (χ0) is 20.4. The molecule has 0 spiro atoms. The predicted molar refractivity (Wildman–Crippen MR) is 114 cm³/mol.